The first-order valence-corrected chi connectivity index (χ1v) is 12.6. The minimum absolute atomic E-state index is 0.00247. The van der Waals surface area contributed by atoms with Gasteiger partial charge in [0.25, 0.3) is 0 Å². The van der Waals surface area contributed by atoms with Gasteiger partial charge in [0.05, 0.1) is 19.0 Å². The molecule has 0 bridgehead atoms. The fraction of sp³-hybridized carbons (Fsp3) is 0.500. The van der Waals surface area contributed by atoms with Gasteiger partial charge in [-0.05, 0) is 0 Å². The number of ether oxygens (including phenoxy) is 1. The number of aliphatic hydroxyl groups is 1. The summed E-state index contributed by atoms with van der Waals surface area (Å²) < 4.78 is 52.3. The number of aliphatic hydroxyl groups excluding tert-OH is 1. The predicted octanol–water partition coefficient (Wildman–Crippen LogP) is 0.471. The number of hydrogen-bond acceptors (Lipinski definition) is 11. The first kappa shape index (κ1) is 23.8. The molecule has 1 aliphatic rings. The molecule has 16 nitrogen and oxygen atoms in total. The zero-order valence-electron chi connectivity index (χ0n) is 14.4. The Morgan fingerprint density at radius 3 is 2.50 bits per heavy atom. The van der Waals surface area contributed by atoms with E-state index in [0.717, 1.165) is 0 Å². The standard InChI is InChI=1S/C10H14ClN4O12P3/c11-9-8-10(13-3-12-9)15(4-14-8)7-1-5(16)6(25-7)2-24-29(20,21)27-30(22,23)26-28(17,18)19/h3-7,16H,1-2H2,(H,20,21)(H,22,23)(H2,17,18,19). The molecule has 0 radical (unpaired) electrons. The van der Waals surface area contributed by atoms with Gasteiger partial charge in [-0.15, -0.1) is 0 Å². The van der Waals surface area contributed by atoms with E-state index in [2.05, 4.69) is 28.1 Å². The number of nitrogens with zero attached hydrogens (tertiary/aromatic N) is 4. The lowest BCUT2D eigenvalue weighted by Gasteiger charge is -2.19. The molecule has 1 aliphatic heterocycles. The van der Waals surface area contributed by atoms with Crippen LogP contribution in [-0.4, -0.2) is 63.0 Å². The third-order valence-corrected chi connectivity index (χ3v) is 7.73. The highest BCUT2D eigenvalue weighted by molar-refractivity contribution is 7.66. The lowest BCUT2D eigenvalue weighted by molar-refractivity contribution is -0.0423. The second-order valence-electron chi connectivity index (χ2n) is 5.81. The summed E-state index contributed by atoms with van der Waals surface area (Å²) in [4.78, 5) is 47.4. The highest BCUT2D eigenvalue weighted by Gasteiger charge is 2.43. The Kier molecular flexibility index (Phi) is 6.83. The third-order valence-electron chi connectivity index (χ3n) is 3.65. The summed E-state index contributed by atoms with van der Waals surface area (Å²) in [6.07, 6.45) is -0.663. The van der Waals surface area contributed by atoms with Crippen molar-refractivity contribution in [2.24, 2.45) is 0 Å². The predicted molar refractivity (Wildman–Crippen MR) is 94.7 cm³/mol. The number of phosphoric ester groups is 1. The first-order chi connectivity index (χ1) is 13.8. The van der Waals surface area contributed by atoms with Crippen molar-refractivity contribution in [3.05, 3.63) is 17.8 Å². The molecule has 30 heavy (non-hydrogen) atoms. The van der Waals surface area contributed by atoms with Crippen molar-refractivity contribution in [2.75, 3.05) is 6.61 Å². The molecule has 3 rings (SSSR count). The van der Waals surface area contributed by atoms with E-state index >= 15 is 0 Å². The van der Waals surface area contributed by atoms with Gasteiger partial charge in [0.15, 0.2) is 10.8 Å². The largest absolute Gasteiger partial charge is 0.490 e. The van der Waals surface area contributed by atoms with Gasteiger partial charge in [-0.2, -0.15) is 8.62 Å². The van der Waals surface area contributed by atoms with Gasteiger partial charge in [0.1, 0.15) is 24.2 Å². The van der Waals surface area contributed by atoms with Gasteiger partial charge < -0.3 is 29.4 Å². The molecule has 20 heteroatoms. The lowest BCUT2D eigenvalue weighted by Crippen LogP contribution is -2.26. The van der Waals surface area contributed by atoms with Crippen molar-refractivity contribution >= 4 is 46.2 Å². The van der Waals surface area contributed by atoms with Gasteiger partial charge >= 0.3 is 23.5 Å². The highest BCUT2D eigenvalue weighted by atomic mass is 35.5. The maximum atomic E-state index is 11.8. The fourth-order valence-electron chi connectivity index (χ4n) is 2.54. The van der Waals surface area contributed by atoms with Crippen LogP contribution in [0.2, 0.25) is 5.15 Å². The van der Waals surface area contributed by atoms with Crippen LogP contribution in [0.25, 0.3) is 11.2 Å². The minimum Gasteiger partial charge on any atom is -0.390 e. The summed E-state index contributed by atoms with van der Waals surface area (Å²) in [6.45, 7) is -0.788. The summed E-state index contributed by atoms with van der Waals surface area (Å²) in [7, 11) is -16.5. The Bertz CT molecular complexity index is 1080. The number of aromatic nitrogens is 4. The van der Waals surface area contributed by atoms with Crippen LogP contribution in [0.3, 0.4) is 0 Å². The molecule has 5 atom stereocenters. The molecular weight excluding hydrogens is 497 g/mol. The lowest BCUT2D eigenvalue weighted by atomic mass is 10.2. The maximum absolute atomic E-state index is 11.8. The van der Waals surface area contributed by atoms with E-state index in [-0.39, 0.29) is 17.1 Å². The number of phosphoric acid groups is 3. The van der Waals surface area contributed by atoms with Gasteiger partial charge in [-0.25, -0.2) is 28.6 Å². The van der Waals surface area contributed by atoms with Crippen molar-refractivity contribution in [1.29, 1.82) is 0 Å². The summed E-state index contributed by atoms with van der Waals surface area (Å²) >= 11 is 5.91. The molecule has 2 aromatic heterocycles. The summed E-state index contributed by atoms with van der Waals surface area (Å²) in [5.74, 6) is 0. The SMILES string of the molecule is O=P(O)(O)OP(=O)(O)OP(=O)(O)OCC1OC(n2cnc3c(Cl)ncnc32)CC1O. The number of rotatable bonds is 8. The topological polar surface area (TPSA) is 233 Å². The molecule has 0 aromatic carbocycles. The Hall–Kier alpha value is -0.830. The third kappa shape index (κ3) is 5.90. The number of imidazole rings is 1. The Labute approximate surface area is 171 Å². The van der Waals surface area contributed by atoms with Crippen LogP contribution >= 0.6 is 35.1 Å². The van der Waals surface area contributed by atoms with E-state index in [4.69, 9.17) is 31.0 Å². The van der Waals surface area contributed by atoms with Crippen molar-refractivity contribution in [1.82, 2.24) is 19.5 Å². The van der Waals surface area contributed by atoms with Crippen LogP contribution < -0.4 is 0 Å². The summed E-state index contributed by atoms with van der Waals surface area (Å²) in [6, 6.07) is 0. The van der Waals surface area contributed by atoms with E-state index < -0.39 is 48.5 Å². The van der Waals surface area contributed by atoms with Crippen molar-refractivity contribution in [2.45, 2.75) is 24.9 Å². The van der Waals surface area contributed by atoms with Crippen LogP contribution in [0.4, 0.5) is 0 Å². The average Bonchev–Trinajstić information content (AvgIpc) is 3.14. The van der Waals surface area contributed by atoms with Crippen LogP contribution in [0.15, 0.2) is 12.7 Å². The van der Waals surface area contributed by atoms with Crippen LogP contribution in [0, 0.1) is 0 Å². The van der Waals surface area contributed by atoms with Gasteiger partial charge in [-0.1, -0.05) is 11.6 Å². The molecule has 1 fully saturated rings. The number of fused-ring (bicyclic) bond motifs is 1. The Balaban J connectivity index is 1.64. The minimum atomic E-state index is -5.64. The Morgan fingerprint density at radius 2 is 1.83 bits per heavy atom. The molecule has 0 spiro atoms. The molecule has 0 aliphatic carbocycles. The van der Waals surface area contributed by atoms with E-state index in [1.54, 1.807) is 0 Å². The maximum Gasteiger partial charge on any atom is 0.490 e. The van der Waals surface area contributed by atoms with Crippen molar-refractivity contribution in [3.8, 4) is 0 Å². The van der Waals surface area contributed by atoms with Gasteiger partial charge in [0, 0.05) is 6.42 Å². The fourth-order valence-corrected chi connectivity index (χ4v) is 5.75. The molecule has 0 amide bonds. The smallest absolute Gasteiger partial charge is 0.390 e. The monoisotopic (exact) mass is 510 g/mol. The molecule has 168 valence electrons. The zero-order chi connectivity index (χ0) is 22.3. The molecule has 2 aromatic rings. The summed E-state index contributed by atoms with van der Waals surface area (Å²) in [5.41, 5.74) is 0.592. The van der Waals surface area contributed by atoms with Crippen LogP contribution in [0.5, 0.6) is 0 Å². The van der Waals surface area contributed by atoms with E-state index in [9.17, 15) is 23.7 Å². The quantitative estimate of drug-likeness (QED) is 0.240. The molecule has 5 N–H and O–H groups in total. The van der Waals surface area contributed by atoms with Crippen molar-refractivity contribution in [3.63, 3.8) is 0 Å². The van der Waals surface area contributed by atoms with Gasteiger partial charge in [0.2, 0.25) is 0 Å². The van der Waals surface area contributed by atoms with Crippen molar-refractivity contribution < 1.29 is 56.3 Å². The molecule has 3 heterocycles. The van der Waals surface area contributed by atoms with E-state index in [0.29, 0.717) is 5.65 Å². The molecular formula is C10H14ClN4O12P3. The Morgan fingerprint density at radius 1 is 1.13 bits per heavy atom. The second kappa shape index (κ2) is 8.60. The second-order valence-corrected chi connectivity index (χ2v) is 10.6. The summed E-state index contributed by atoms with van der Waals surface area (Å²) in [5, 5.41) is 10.2. The highest BCUT2D eigenvalue weighted by Crippen LogP contribution is 2.66. The van der Waals surface area contributed by atoms with E-state index in [1.807, 2.05) is 0 Å². The first-order valence-electron chi connectivity index (χ1n) is 7.71. The number of halogens is 1. The molecule has 0 saturated carbocycles. The molecule has 1 saturated heterocycles. The zero-order valence-corrected chi connectivity index (χ0v) is 17.8. The van der Waals surface area contributed by atoms with Gasteiger partial charge in [-0.3, -0.25) is 9.09 Å². The normalized spacial score (nSPS) is 26.5. The van der Waals surface area contributed by atoms with E-state index in [1.165, 1.54) is 17.2 Å². The average molecular weight is 511 g/mol. The molecule has 5 unspecified atom stereocenters. The van der Waals surface area contributed by atoms with Crippen LogP contribution in [-0.2, 0) is 31.6 Å². The van der Waals surface area contributed by atoms with Crippen LogP contribution in [0.1, 0.15) is 12.6 Å². The number of hydrogen-bond donors (Lipinski definition) is 5.